The van der Waals surface area contributed by atoms with Gasteiger partial charge in [0.25, 0.3) is 0 Å². The number of nitrogens with one attached hydrogen (secondary N) is 3. The summed E-state index contributed by atoms with van der Waals surface area (Å²) in [6, 6.07) is 0. The molecule has 6 nitrogen and oxygen atoms in total. The maximum Gasteiger partial charge on any atom is 0.220 e. The fraction of sp³-hybridized carbons (Fsp3) is 0.882. The number of aliphatic hydroxyl groups excluding tert-OH is 1. The molecular formula is C17H35N3O3. The van der Waals surface area contributed by atoms with E-state index in [1.165, 1.54) is 0 Å². The van der Waals surface area contributed by atoms with Gasteiger partial charge in [0.05, 0.1) is 6.10 Å². The van der Waals surface area contributed by atoms with Gasteiger partial charge < -0.3 is 21.1 Å². The zero-order valence-electron chi connectivity index (χ0n) is 14.8. The number of aliphatic hydroxyl groups is 1. The van der Waals surface area contributed by atoms with Crippen LogP contribution in [0.15, 0.2) is 0 Å². The van der Waals surface area contributed by atoms with Gasteiger partial charge in [-0.25, -0.2) is 0 Å². The van der Waals surface area contributed by atoms with Crippen LogP contribution in [0.25, 0.3) is 0 Å². The minimum Gasteiger partial charge on any atom is -0.392 e. The van der Waals surface area contributed by atoms with Crippen LogP contribution in [0, 0.1) is 0 Å². The maximum atomic E-state index is 11.6. The minimum atomic E-state index is -0.307. The monoisotopic (exact) mass is 329 g/mol. The molecule has 6 heteroatoms. The molecular weight excluding hydrogens is 294 g/mol. The molecule has 0 bridgehead atoms. The first-order chi connectivity index (χ1) is 11.1. The van der Waals surface area contributed by atoms with E-state index in [-0.39, 0.29) is 17.9 Å². The van der Waals surface area contributed by atoms with E-state index in [1.54, 1.807) is 0 Å². The van der Waals surface area contributed by atoms with Gasteiger partial charge in [-0.3, -0.25) is 9.59 Å². The second-order valence-electron chi connectivity index (χ2n) is 5.91. The second kappa shape index (κ2) is 15.7. The average molecular weight is 329 g/mol. The summed E-state index contributed by atoms with van der Waals surface area (Å²) in [5.74, 6) is 0.0174. The van der Waals surface area contributed by atoms with Crippen LogP contribution in [0.1, 0.15) is 65.2 Å². The highest BCUT2D eigenvalue weighted by Crippen LogP contribution is 2.00. The standard InChI is InChI=1S/C17H35N3O3/c1-3-11-18-14-15(21)8-5-6-13-20-17(23)10-7-9-16(22)19-12-4-2/h15,18,21H,3-14H2,1-2H3,(H,19,22)(H,20,23). The Morgan fingerprint density at radius 2 is 1.48 bits per heavy atom. The Kier molecular flexibility index (Phi) is 15.0. The van der Waals surface area contributed by atoms with Gasteiger partial charge in [-0.05, 0) is 45.1 Å². The van der Waals surface area contributed by atoms with E-state index >= 15 is 0 Å². The van der Waals surface area contributed by atoms with Crippen LogP contribution in [0.3, 0.4) is 0 Å². The summed E-state index contributed by atoms with van der Waals surface area (Å²) in [6.07, 6.45) is 5.59. The Morgan fingerprint density at radius 1 is 0.870 bits per heavy atom. The number of carbonyl (C=O) groups excluding carboxylic acids is 2. The van der Waals surface area contributed by atoms with Crippen molar-refractivity contribution in [2.75, 3.05) is 26.2 Å². The lowest BCUT2D eigenvalue weighted by Crippen LogP contribution is -2.28. The molecule has 0 aliphatic carbocycles. The van der Waals surface area contributed by atoms with Crippen molar-refractivity contribution in [1.29, 1.82) is 0 Å². The van der Waals surface area contributed by atoms with Crippen molar-refractivity contribution in [1.82, 2.24) is 16.0 Å². The zero-order valence-corrected chi connectivity index (χ0v) is 14.8. The van der Waals surface area contributed by atoms with Crippen molar-refractivity contribution >= 4 is 11.8 Å². The van der Waals surface area contributed by atoms with Crippen LogP contribution in [0.2, 0.25) is 0 Å². The first kappa shape index (κ1) is 21.9. The van der Waals surface area contributed by atoms with Gasteiger partial charge in [0.1, 0.15) is 0 Å². The van der Waals surface area contributed by atoms with Crippen LogP contribution in [-0.2, 0) is 9.59 Å². The predicted molar refractivity (Wildman–Crippen MR) is 93.2 cm³/mol. The van der Waals surface area contributed by atoms with Gasteiger partial charge in [0.2, 0.25) is 11.8 Å². The van der Waals surface area contributed by atoms with Gasteiger partial charge in [-0.2, -0.15) is 0 Å². The van der Waals surface area contributed by atoms with Crippen LogP contribution >= 0.6 is 0 Å². The number of hydrogen-bond donors (Lipinski definition) is 4. The third-order valence-corrected chi connectivity index (χ3v) is 3.47. The summed E-state index contributed by atoms with van der Waals surface area (Å²) in [5, 5.41) is 18.6. The third-order valence-electron chi connectivity index (χ3n) is 3.47. The van der Waals surface area contributed by atoms with E-state index in [0.29, 0.717) is 38.9 Å². The number of hydrogen-bond acceptors (Lipinski definition) is 4. The van der Waals surface area contributed by atoms with Gasteiger partial charge in [0, 0.05) is 32.5 Å². The third kappa shape index (κ3) is 15.5. The van der Waals surface area contributed by atoms with Crippen molar-refractivity contribution in [3.05, 3.63) is 0 Å². The molecule has 0 spiro atoms. The summed E-state index contributed by atoms with van der Waals surface area (Å²) >= 11 is 0. The SMILES string of the molecule is CCCNCC(O)CCCCNC(=O)CCCC(=O)NCCC. The molecule has 23 heavy (non-hydrogen) atoms. The van der Waals surface area contributed by atoms with E-state index in [4.69, 9.17) is 0 Å². The lowest BCUT2D eigenvalue weighted by atomic mass is 10.1. The second-order valence-corrected chi connectivity index (χ2v) is 5.91. The molecule has 136 valence electrons. The smallest absolute Gasteiger partial charge is 0.220 e. The van der Waals surface area contributed by atoms with Crippen LogP contribution in [0.5, 0.6) is 0 Å². The lowest BCUT2D eigenvalue weighted by molar-refractivity contribution is -0.122. The highest BCUT2D eigenvalue weighted by Gasteiger charge is 2.05. The fourth-order valence-electron chi connectivity index (χ4n) is 2.13. The van der Waals surface area contributed by atoms with Crippen molar-refractivity contribution in [2.45, 2.75) is 71.3 Å². The highest BCUT2D eigenvalue weighted by atomic mass is 16.3. The van der Waals surface area contributed by atoms with Gasteiger partial charge in [-0.15, -0.1) is 0 Å². The number of carbonyl (C=O) groups is 2. The zero-order chi connectivity index (χ0) is 17.3. The molecule has 0 saturated heterocycles. The summed E-state index contributed by atoms with van der Waals surface area (Å²) < 4.78 is 0. The predicted octanol–water partition coefficient (Wildman–Crippen LogP) is 1.33. The molecule has 4 N–H and O–H groups in total. The molecule has 1 unspecified atom stereocenters. The van der Waals surface area contributed by atoms with Crippen molar-refractivity contribution in [3.63, 3.8) is 0 Å². The number of amides is 2. The molecule has 0 aromatic rings. The first-order valence-electron chi connectivity index (χ1n) is 9.02. The fourth-order valence-corrected chi connectivity index (χ4v) is 2.13. The maximum absolute atomic E-state index is 11.6. The molecule has 0 saturated carbocycles. The van der Waals surface area contributed by atoms with Crippen molar-refractivity contribution in [3.8, 4) is 0 Å². The first-order valence-corrected chi connectivity index (χ1v) is 9.02. The quantitative estimate of drug-likeness (QED) is 0.341. The molecule has 2 amide bonds. The summed E-state index contributed by atoms with van der Waals surface area (Å²) in [5.41, 5.74) is 0. The van der Waals surface area contributed by atoms with E-state index in [2.05, 4.69) is 22.9 Å². The van der Waals surface area contributed by atoms with Gasteiger partial charge in [-0.1, -0.05) is 13.8 Å². The van der Waals surface area contributed by atoms with Crippen molar-refractivity contribution < 1.29 is 14.7 Å². The highest BCUT2D eigenvalue weighted by molar-refractivity contribution is 5.78. The summed E-state index contributed by atoms with van der Waals surface area (Å²) in [7, 11) is 0. The Labute approximate surface area is 140 Å². The van der Waals surface area contributed by atoms with Crippen molar-refractivity contribution in [2.24, 2.45) is 0 Å². The van der Waals surface area contributed by atoms with Gasteiger partial charge in [0.15, 0.2) is 0 Å². The Hall–Kier alpha value is -1.14. The topological polar surface area (TPSA) is 90.5 Å². The van der Waals surface area contributed by atoms with Gasteiger partial charge >= 0.3 is 0 Å². The molecule has 0 heterocycles. The normalized spacial score (nSPS) is 12.0. The van der Waals surface area contributed by atoms with E-state index < -0.39 is 0 Å². The molecule has 0 radical (unpaired) electrons. The Bertz CT molecular complexity index is 311. The summed E-state index contributed by atoms with van der Waals surface area (Å²) in [4.78, 5) is 23.0. The van der Waals surface area contributed by atoms with E-state index in [1.807, 2.05) is 6.92 Å². The van der Waals surface area contributed by atoms with E-state index in [0.717, 1.165) is 38.6 Å². The number of rotatable bonds is 15. The van der Waals surface area contributed by atoms with Crippen LogP contribution in [-0.4, -0.2) is 49.2 Å². The molecule has 0 aromatic carbocycles. The van der Waals surface area contributed by atoms with Crippen LogP contribution < -0.4 is 16.0 Å². The minimum absolute atomic E-state index is 0.00143. The molecule has 0 rings (SSSR count). The van der Waals surface area contributed by atoms with Crippen LogP contribution in [0.4, 0.5) is 0 Å². The lowest BCUT2D eigenvalue weighted by Gasteiger charge is -2.11. The molecule has 1 atom stereocenters. The number of unbranched alkanes of at least 4 members (excludes halogenated alkanes) is 1. The summed E-state index contributed by atoms with van der Waals surface area (Å²) in [6.45, 7) is 7.01. The average Bonchev–Trinajstić information content (AvgIpc) is 2.52. The molecule has 0 aliphatic heterocycles. The molecule has 0 aromatic heterocycles. The van der Waals surface area contributed by atoms with E-state index in [9.17, 15) is 14.7 Å². The largest absolute Gasteiger partial charge is 0.392 e. The molecule has 0 aliphatic rings. The Balaban J connectivity index is 3.41. The Morgan fingerprint density at radius 3 is 2.09 bits per heavy atom. The molecule has 0 fully saturated rings.